The fourth-order valence-electron chi connectivity index (χ4n) is 1.66. The van der Waals surface area contributed by atoms with Gasteiger partial charge in [0.05, 0.1) is 24.5 Å². The Morgan fingerprint density at radius 1 is 1.28 bits per heavy atom. The highest BCUT2D eigenvalue weighted by Crippen LogP contribution is 2.16. The summed E-state index contributed by atoms with van der Waals surface area (Å²) < 4.78 is 2.90. The molecule has 0 aliphatic rings. The minimum Gasteiger partial charge on any atom is -0.322 e. The predicted molar refractivity (Wildman–Crippen MR) is 75.0 cm³/mol. The first-order valence-electron chi connectivity index (χ1n) is 5.96. The Balaban J connectivity index is 2.09. The molecule has 96 valence electrons. The first-order valence-corrected chi connectivity index (χ1v) is 6.75. The molecule has 0 saturated heterocycles. The third-order valence-electron chi connectivity index (χ3n) is 2.87. The quantitative estimate of drug-likeness (QED) is 0.945. The normalized spacial score (nSPS) is 12.9. The Morgan fingerprint density at radius 3 is 2.56 bits per heavy atom. The second-order valence-electron chi connectivity index (χ2n) is 4.74. The maximum absolute atomic E-state index is 6.04. The molecule has 1 aromatic heterocycles. The van der Waals surface area contributed by atoms with Crippen LogP contribution < -0.4 is 5.73 Å². The van der Waals surface area contributed by atoms with Crippen molar-refractivity contribution in [3.63, 3.8) is 0 Å². The van der Waals surface area contributed by atoms with Crippen molar-refractivity contribution in [2.75, 3.05) is 0 Å². The van der Waals surface area contributed by atoms with Gasteiger partial charge in [-0.2, -0.15) is 0 Å². The molecule has 0 saturated carbocycles. The van der Waals surface area contributed by atoms with E-state index in [2.05, 4.69) is 52.2 Å². The van der Waals surface area contributed by atoms with Gasteiger partial charge in [-0.15, -0.1) is 5.10 Å². The largest absolute Gasteiger partial charge is 0.322 e. The summed E-state index contributed by atoms with van der Waals surface area (Å²) in [5.41, 5.74) is 8.08. The first-order chi connectivity index (χ1) is 8.56. The zero-order valence-corrected chi connectivity index (χ0v) is 12.1. The lowest BCUT2D eigenvalue weighted by Gasteiger charge is -2.11. The molecule has 0 aliphatic carbocycles. The standard InChI is InChI=1S/C13H17BrN4/c1-9(2)13(15)12-8-18(17-16-12)7-10-3-5-11(14)6-4-10/h3-6,8-9,13H,7,15H2,1-2H3. The van der Waals surface area contributed by atoms with Crippen LogP contribution in [0.1, 0.15) is 31.1 Å². The molecule has 2 rings (SSSR count). The Labute approximate surface area is 115 Å². The van der Waals surface area contributed by atoms with Gasteiger partial charge in [0, 0.05) is 4.47 Å². The van der Waals surface area contributed by atoms with Crippen LogP contribution in [0.2, 0.25) is 0 Å². The lowest BCUT2D eigenvalue weighted by atomic mass is 10.0. The molecule has 18 heavy (non-hydrogen) atoms. The third kappa shape index (κ3) is 3.17. The van der Waals surface area contributed by atoms with Crippen LogP contribution in [0.3, 0.4) is 0 Å². The van der Waals surface area contributed by atoms with Gasteiger partial charge in [0.2, 0.25) is 0 Å². The Bertz CT molecular complexity index is 504. The van der Waals surface area contributed by atoms with Crippen molar-refractivity contribution in [3.8, 4) is 0 Å². The Hall–Kier alpha value is -1.20. The average Bonchev–Trinajstić information content (AvgIpc) is 2.79. The van der Waals surface area contributed by atoms with E-state index in [0.717, 1.165) is 10.2 Å². The molecule has 0 fully saturated rings. The summed E-state index contributed by atoms with van der Waals surface area (Å²) in [6.45, 7) is 4.88. The van der Waals surface area contributed by atoms with Crippen molar-refractivity contribution in [2.45, 2.75) is 26.4 Å². The molecular weight excluding hydrogens is 292 g/mol. The van der Waals surface area contributed by atoms with Crippen LogP contribution in [0.15, 0.2) is 34.9 Å². The number of benzene rings is 1. The smallest absolute Gasteiger partial charge is 0.0996 e. The topological polar surface area (TPSA) is 56.7 Å². The molecule has 1 aromatic carbocycles. The minimum atomic E-state index is -0.0522. The van der Waals surface area contributed by atoms with E-state index in [4.69, 9.17) is 5.73 Å². The van der Waals surface area contributed by atoms with E-state index in [9.17, 15) is 0 Å². The molecular formula is C13H17BrN4. The minimum absolute atomic E-state index is 0.0522. The van der Waals surface area contributed by atoms with E-state index in [-0.39, 0.29) is 6.04 Å². The van der Waals surface area contributed by atoms with Crippen LogP contribution in [0.25, 0.3) is 0 Å². The summed E-state index contributed by atoms with van der Waals surface area (Å²) in [7, 11) is 0. The highest BCUT2D eigenvalue weighted by atomic mass is 79.9. The van der Waals surface area contributed by atoms with Gasteiger partial charge in [0.25, 0.3) is 0 Å². The molecule has 4 nitrogen and oxygen atoms in total. The monoisotopic (exact) mass is 308 g/mol. The average molecular weight is 309 g/mol. The fourth-order valence-corrected chi connectivity index (χ4v) is 1.93. The SMILES string of the molecule is CC(C)C(N)c1cn(Cc2ccc(Br)cc2)nn1. The van der Waals surface area contributed by atoms with Gasteiger partial charge in [0.15, 0.2) is 0 Å². The second-order valence-corrected chi connectivity index (χ2v) is 5.65. The van der Waals surface area contributed by atoms with Crippen LogP contribution in [0.5, 0.6) is 0 Å². The number of nitrogens with zero attached hydrogens (tertiary/aromatic N) is 3. The van der Waals surface area contributed by atoms with Gasteiger partial charge in [-0.3, -0.25) is 0 Å². The number of halogens is 1. The van der Waals surface area contributed by atoms with E-state index in [1.807, 2.05) is 23.0 Å². The van der Waals surface area contributed by atoms with Gasteiger partial charge in [-0.1, -0.05) is 47.1 Å². The van der Waals surface area contributed by atoms with Gasteiger partial charge < -0.3 is 5.73 Å². The Kier molecular flexibility index (Phi) is 4.14. The molecule has 0 amide bonds. The van der Waals surface area contributed by atoms with E-state index < -0.39 is 0 Å². The lowest BCUT2D eigenvalue weighted by molar-refractivity contribution is 0.502. The molecule has 1 unspecified atom stereocenters. The lowest BCUT2D eigenvalue weighted by Crippen LogP contribution is -2.17. The van der Waals surface area contributed by atoms with Crippen molar-refractivity contribution in [3.05, 3.63) is 46.2 Å². The highest BCUT2D eigenvalue weighted by molar-refractivity contribution is 9.10. The number of rotatable bonds is 4. The summed E-state index contributed by atoms with van der Waals surface area (Å²) in [6.07, 6.45) is 1.92. The molecule has 0 bridgehead atoms. The third-order valence-corrected chi connectivity index (χ3v) is 3.40. The number of nitrogens with two attached hydrogens (primary N) is 1. The summed E-state index contributed by atoms with van der Waals surface area (Å²) >= 11 is 3.42. The predicted octanol–water partition coefficient (Wildman–Crippen LogP) is 2.74. The Morgan fingerprint density at radius 2 is 1.94 bits per heavy atom. The van der Waals surface area contributed by atoms with Crippen LogP contribution >= 0.6 is 15.9 Å². The van der Waals surface area contributed by atoms with Gasteiger partial charge in [-0.05, 0) is 23.6 Å². The zero-order chi connectivity index (χ0) is 13.1. The van der Waals surface area contributed by atoms with Crippen LogP contribution in [-0.2, 0) is 6.54 Å². The maximum atomic E-state index is 6.04. The van der Waals surface area contributed by atoms with Gasteiger partial charge in [0.1, 0.15) is 0 Å². The second kappa shape index (κ2) is 5.63. The first kappa shape index (κ1) is 13.2. The maximum Gasteiger partial charge on any atom is 0.0996 e. The van der Waals surface area contributed by atoms with Crippen molar-refractivity contribution >= 4 is 15.9 Å². The van der Waals surface area contributed by atoms with Crippen LogP contribution in [-0.4, -0.2) is 15.0 Å². The molecule has 0 radical (unpaired) electrons. The van der Waals surface area contributed by atoms with E-state index >= 15 is 0 Å². The van der Waals surface area contributed by atoms with Crippen molar-refractivity contribution in [1.82, 2.24) is 15.0 Å². The molecule has 1 atom stereocenters. The number of hydrogen-bond acceptors (Lipinski definition) is 3. The summed E-state index contributed by atoms with van der Waals surface area (Å²) in [5, 5.41) is 8.24. The summed E-state index contributed by atoms with van der Waals surface area (Å²) in [6, 6.07) is 8.12. The van der Waals surface area contributed by atoms with E-state index in [1.165, 1.54) is 5.56 Å². The summed E-state index contributed by atoms with van der Waals surface area (Å²) in [4.78, 5) is 0. The van der Waals surface area contributed by atoms with Gasteiger partial charge in [-0.25, -0.2) is 4.68 Å². The molecule has 5 heteroatoms. The van der Waals surface area contributed by atoms with Gasteiger partial charge >= 0.3 is 0 Å². The summed E-state index contributed by atoms with van der Waals surface area (Å²) in [5.74, 6) is 0.364. The van der Waals surface area contributed by atoms with Crippen LogP contribution in [0, 0.1) is 5.92 Å². The zero-order valence-electron chi connectivity index (χ0n) is 10.5. The van der Waals surface area contributed by atoms with E-state index in [0.29, 0.717) is 12.5 Å². The highest BCUT2D eigenvalue weighted by Gasteiger charge is 2.14. The molecule has 2 N–H and O–H groups in total. The van der Waals surface area contributed by atoms with Crippen molar-refractivity contribution in [2.24, 2.45) is 11.7 Å². The number of aromatic nitrogens is 3. The van der Waals surface area contributed by atoms with Crippen molar-refractivity contribution in [1.29, 1.82) is 0 Å². The van der Waals surface area contributed by atoms with E-state index in [1.54, 1.807) is 0 Å². The molecule has 2 aromatic rings. The number of hydrogen-bond donors (Lipinski definition) is 1. The molecule has 0 spiro atoms. The molecule has 1 heterocycles. The van der Waals surface area contributed by atoms with Crippen molar-refractivity contribution < 1.29 is 0 Å². The van der Waals surface area contributed by atoms with Crippen LogP contribution in [0.4, 0.5) is 0 Å². The fraction of sp³-hybridized carbons (Fsp3) is 0.385. The molecule has 0 aliphatic heterocycles.